The lowest BCUT2D eigenvalue weighted by molar-refractivity contribution is -0.187. The fraction of sp³-hybridized carbons (Fsp3) is 0.833. The van der Waals surface area contributed by atoms with Crippen molar-refractivity contribution in [3.8, 4) is 0 Å². The van der Waals surface area contributed by atoms with Crippen molar-refractivity contribution in [1.29, 1.82) is 0 Å². The number of hydrogen-bond acceptors (Lipinski definition) is 4. The maximum Gasteiger partial charge on any atom is 0.391 e. The Morgan fingerprint density at radius 3 is 2.84 bits per heavy atom. The van der Waals surface area contributed by atoms with Gasteiger partial charge in [-0.05, 0) is 25.7 Å². The largest absolute Gasteiger partial charge is 0.391 e. The van der Waals surface area contributed by atoms with Crippen LogP contribution in [-0.2, 0) is 12.0 Å². The van der Waals surface area contributed by atoms with Crippen LogP contribution in [0.3, 0.4) is 0 Å². The second-order valence-corrected chi connectivity index (χ2v) is 5.25. The smallest absolute Gasteiger partial charge is 0.339 e. The van der Waals surface area contributed by atoms with Crippen LogP contribution in [0.25, 0.3) is 0 Å². The molecule has 1 aliphatic carbocycles. The van der Waals surface area contributed by atoms with Gasteiger partial charge in [-0.3, -0.25) is 0 Å². The van der Waals surface area contributed by atoms with Crippen molar-refractivity contribution in [2.45, 2.75) is 57.2 Å². The Hall–Kier alpha value is -1.11. The zero-order valence-corrected chi connectivity index (χ0v) is 10.8. The molecule has 2 unspecified atom stereocenters. The Labute approximate surface area is 109 Å². The highest BCUT2D eigenvalue weighted by molar-refractivity contribution is 5.07. The van der Waals surface area contributed by atoms with Crippen LogP contribution in [0.15, 0.2) is 4.52 Å². The highest BCUT2D eigenvalue weighted by atomic mass is 19.4. The number of nitrogens with zero attached hydrogens (tertiary/aromatic N) is 2. The quantitative estimate of drug-likeness (QED) is 0.922. The van der Waals surface area contributed by atoms with Gasteiger partial charge in [-0.1, -0.05) is 18.5 Å². The van der Waals surface area contributed by atoms with Gasteiger partial charge in [-0.25, -0.2) is 0 Å². The summed E-state index contributed by atoms with van der Waals surface area (Å²) in [5.41, 5.74) is 4.97. The first-order chi connectivity index (χ1) is 8.85. The zero-order valence-electron chi connectivity index (χ0n) is 10.8. The van der Waals surface area contributed by atoms with E-state index in [-0.39, 0.29) is 18.7 Å². The van der Waals surface area contributed by atoms with Gasteiger partial charge in [0.25, 0.3) is 0 Å². The molecule has 2 rings (SSSR count). The highest BCUT2D eigenvalue weighted by Gasteiger charge is 2.48. The Balaban J connectivity index is 2.16. The number of nitrogens with two attached hydrogens (primary N) is 1. The maximum atomic E-state index is 12.8. The van der Waals surface area contributed by atoms with Crippen LogP contribution in [0.4, 0.5) is 13.2 Å². The molecular weight excluding hydrogens is 259 g/mol. The summed E-state index contributed by atoms with van der Waals surface area (Å²) < 4.78 is 43.4. The SMILES string of the molecule is CCCc1nc(C2(N)CCCC(C(F)(F)F)C2)no1. The molecule has 0 amide bonds. The van der Waals surface area contributed by atoms with E-state index in [1.165, 1.54) is 0 Å². The third kappa shape index (κ3) is 3.08. The minimum Gasteiger partial charge on any atom is -0.339 e. The van der Waals surface area contributed by atoms with Gasteiger partial charge in [0.15, 0.2) is 5.82 Å². The molecule has 2 atom stereocenters. The highest BCUT2D eigenvalue weighted by Crippen LogP contribution is 2.44. The minimum absolute atomic E-state index is 0.127. The fourth-order valence-corrected chi connectivity index (χ4v) is 2.56. The van der Waals surface area contributed by atoms with Crippen molar-refractivity contribution < 1.29 is 17.7 Å². The predicted molar refractivity (Wildman–Crippen MR) is 62.2 cm³/mol. The Kier molecular flexibility index (Phi) is 3.85. The Morgan fingerprint density at radius 1 is 1.47 bits per heavy atom. The van der Waals surface area contributed by atoms with E-state index in [1.807, 2.05) is 6.92 Å². The van der Waals surface area contributed by atoms with E-state index in [1.54, 1.807) is 0 Å². The monoisotopic (exact) mass is 277 g/mol. The molecule has 0 saturated heterocycles. The number of rotatable bonds is 3. The molecule has 0 aliphatic heterocycles. The van der Waals surface area contributed by atoms with Crippen molar-refractivity contribution in [2.75, 3.05) is 0 Å². The molecule has 0 spiro atoms. The lowest BCUT2D eigenvalue weighted by atomic mass is 9.75. The third-order valence-corrected chi connectivity index (χ3v) is 3.63. The summed E-state index contributed by atoms with van der Waals surface area (Å²) >= 11 is 0. The topological polar surface area (TPSA) is 64.9 Å². The van der Waals surface area contributed by atoms with Crippen LogP contribution in [0.5, 0.6) is 0 Å². The van der Waals surface area contributed by atoms with Gasteiger partial charge in [0.2, 0.25) is 5.89 Å². The molecule has 1 heterocycles. The van der Waals surface area contributed by atoms with E-state index in [0.717, 1.165) is 6.42 Å². The summed E-state index contributed by atoms with van der Waals surface area (Å²) in [4.78, 5) is 4.14. The molecule has 1 aromatic heterocycles. The first-order valence-corrected chi connectivity index (χ1v) is 6.54. The van der Waals surface area contributed by atoms with Gasteiger partial charge < -0.3 is 10.3 Å². The average molecular weight is 277 g/mol. The summed E-state index contributed by atoms with van der Waals surface area (Å²) in [6, 6.07) is 0. The van der Waals surface area contributed by atoms with Crippen molar-refractivity contribution in [3.05, 3.63) is 11.7 Å². The molecule has 19 heavy (non-hydrogen) atoms. The van der Waals surface area contributed by atoms with E-state index in [4.69, 9.17) is 10.3 Å². The van der Waals surface area contributed by atoms with E-state index in [0.29, 0.717) is 25.2 Å². The molecule has 0 bridgehead atoms. The van der Waals surface area contributed by atoms with Gasteiger partial charge in [-0.15, -0.1) is 0 Å². The zero-order chi connectivity index (χ0) is 14.1. The number of aromatic nitrogens is 2. The van der Waals surface area contributed by atoms with Crippen LogP contribution in [0.2, 0.25) is 0 Å². The number of halogens is 3. The van der Waals surface area contributed by atoms with E-state index >= 15 is 0 Å². The van der Waals surface area contributed by atoms with Crippen molar-refractivity contribution in [1.82, 2.24) is 10.1 Å². The van der Waals surface area contributed by atoms with Gasteiger partial charge in [0.1, 0.15) is 0 Å². The molecule has 2 N–H and O–H groups in total. The van der Waals surface area contributed by atoms with Crippen molar-refractivity contribution in [2.24, 2.45) is 11.7 Å². The van der Waals surface area contributed by atoms with E-state index in [9.17, 15) is 13.2 Å². The van der Waals surface area contributed by atoms with Crippen LogP contribution >= 0.6 is 0 Å². The van der Waals surface area contributed by atoms with Gasteiger partial charge >= 0.3 is 6.18 Å². The number of hydrogen-bond donors (Lipinski definition) is 1. The Morgan fingerprint density at radius 2 is 2.21 bits per heavy atom. The van der Waals surface area contributed by atoms with Crippen molar-refractivity contribution in [3.63, 3.8) is 0 Å². The second kappa shape index (κ2) is 5.11. The van der Waals surface area contributed by atoms with Gasteiger partial charge in [-0.2, -0.15) is 18.2 Å². The summed E-state index contributed by atoms with van der Waals surface area (Å²) in [6.07, 6.45) is -1.90. The molecule has 7 heteroatoms. The molecular formula is C12H18F3N3O. The lowest BCUT2D eigenvalue weighted by Crippen LogP contribution is -2.45. The summed E-state index contributed by atoms with van der Waals surface area (Å²) in [5, 5.41) is 3.77. The lowest BCUT2D eigenvalue weighted by Gasteiger charge is -2.36. The molecule has 0 aromatic carbocycles. The van der Waals surface area contributed by atoms with Crippen LogP contribution in [-0.4, -0.2) is 16.3 Å². The van der Waals surface area contributed by atoms with E-state index in [2.05, 4.69) is 10.1 Å². The molecule has 1 aliphatic rings. The molecule has 108 valence electrons. The first-order valence-electron chi connectivity index (χ1n) is 6.54. The summed E-state index contributed by atoms with van der Waals surface area (Å²) in [6.45, 7) is 1.96. The van der Waals surface area contributed by atoms with Gasteiger partial charge in [0, 0.05) is 6.42 Å². The molecule has 1 fully saturated rings. The van der Waals surface area contributed by atoms with Gasteiger partial charge in [0.05, 0.1) is 11.5 Å². The molecule has 1 aromatic rings. The average Bonchev–Trinajstić information content (AvgIpc) is 2.78. The normalized spacial score (nSPS) is 28.6. The van der Waals surface area contributed by atoms with E-state index < -0.39 is 17.6 Å². The molecule has 1 saturated carbocycles. The Bertz CT molecular complexity index is 432. The minimum atomic E-state index is -4.21. The first kappa shape index (κ1) is 14.3. The predicted octanol–water partition coefficient (Wildman–Crippen LogP) is 2.93. The standard InChI is InChI=1S/C12H18F3N3O/c1-2-4-9-17-10(18-19-9)11(16)6-3-5-8(7-11)12(13,14)15/h8H,2-7,16H2,1H3. The molecule has 4 nitrogen and oxygen atoms in total. The third-order valence-electron chi connectivity index (χ3n) is 3.63. The fourth-order valence-electron chi connectivity index (χ4n) is 2.56. The van der Waals surface area contributed by atoms with Crippen molar-refractivity contribution >= 4 is 0 Å². The van der Waals surface area contributed by atoms with Crippen LogP contribution < -0.4 is 5.73 Å². The number of aryl methyl sites for hydroxylation is 1. The summed E-state index contributed by atoms with van der Waals surface area (Å²) in [5.74, 6) is -0.722. The van der Waals surface area contributed by atoms with Crippen LogP contribution in [0, 0.1) is 5.92 Å². The van der Waals surface area contributed by atoms with Crippen LogP contribution in [0.1, 0.15) is 50.7 Å². The maximum absolute atomic E-state index is 12.8. The summed E-state index contributed by atoms with van der Waals surface area (Å²) in [7, 11) is 0. The second-order valence-electron chi connectivity index (χ2n) is 5.25. The molecule has 0 radical (unpaired) electrons. The number of alkyl halides is 3.